The molecule has 0 radical (unpaired) electrons. The number of urea groups is 1. The summed E-state index contributed by atoms with van der Waals surface area (Å²) in [6.07, 6.45) is 2.68. The van der Waals surface area contributed by atoms with Crippen molar-refractivity contribution in [3.05, 3.63) is 84.1 Å². The third kappa shape index (κ3) is 6.28. The van der Waals surface area contributed by atoms with Crippen LogP contribution in [0.4, 0.5) is 4.79 Å². The summed E-state index contributed by atoms with van der Waals surface area (Å²) in [6, 6.07) is 19.9. The molecule has 0 unspecified atom stereocenters. The van der Waals surface area contributed by atoms with Crippen molar-refractivity contribution >= 4 is 34.9 Å². The number of fused-ring (bicyclic) bond motifs is 1. The monoisotopic (exact) mass is 389 g/mol. The van der Waals surface area contributed by atoms with E-state index in [4.69, 9.17) is 4.74 Å². The van der Waals surface area contributed by atoms with Crippen LogP contribution in [0.15, 0.2) is 72.8 Å². The molecule has 0 saturated carbocycles. The molecule has 3 aromatic rings. The molecule has 1 heterocycles. The summed E-state index contributed by atoms with van der Waals surface area (Å²) < 4.78 is 4.83. The first-order chi connectivity index (χ1) is 14.1. The van der Waals surface area contributed by atoms with Gasteiger partial charge in [0.05, 0.1) is 11.2 Å². The Morgan fingerprint density at radius 3 is 2.52 bits per heavy atom. The average Bonchev–Trinajstić information content (AvgIpc) is 2.75. The number of aromatic nitrogens is 1. The zero-order valence-electron chi connectivity index (χ0n) is 15.5. The molecule has 0 fully saturated rings. The molecule has 146 valence electrons. The highest BCUT2D eigenvalue weighted by Gasteiger charge is 2.09. The van der Waals surface area contributed by atoms with Crippen LogP contribution < -0.4 is 10.6 Å². The lowest BCUT2D eigenvalue weighted by atomic mass is 10.2. The van der Waals surface area contributed by atoms with E-state index in [2.05, 4.69) is 15.6 Å². The number of ether oxygens (including phenoxy) is 1. The lowest BCUT2D eigenvalue weighted by Crippen LogP contribution is -2.41. The molecule has 2 N–H and O–H groups in total. The lowest BCUT2D eigenvalue weighted by molar-refractivity contribution is -0.143. The molecule has 0 aliphatic heterocycles. The summed E-state index contributed by atoms with van der Waals surface area (Å²) in [6.45, 7) is -0.283. The minimum absolute atomic E-state index is 0.279. The number of para-hydroxylation sites is 1. The maximum Gasteiger partial charge on any atom is 0.331 e. The van der Waals surface area contributed by atoms with Gasteiger partial charge < -0.3 is 10.1 Å². The molecule has 0 aliphatic carbocycles. The summed E-state index contributed by atoms with van der Waals surface area (Å²) in [5.41, 5.74) is 2.29. The number of pyridine rings is 1. The molecular formula is C22H19N3O4. The van der Waals surface area contributed by atoms with Crippen LogP contribution in [0.3, 0.4) is 0 Å². The lowest BCUT2D eigenvalue weighted by Gasteiger charge is -2.07. The number of amides is 3. The Hall–Kier alpha value is -4.00. The Labute approximate surface area is 167 Å². The summed E-state index contributed by atoms with van der Waals surface area (Å²) in [7, 11) is 0. The minimum atomic E-state index is -0.721. The van der Waals surface area contributed by atoms with E-state index in [1.165, 1.54) is 12.2 Å². The molecule has 7 heteroatoms. The van der Waals surface area contributed by atoms with Gasteiger partial charge in [0.2, 0.25) is 0 Å². The molecule has 3 amide bonds. The fourth-order valence-electron chi connectivity index (χ4n) is 2.50. The maximum atomic E-state index is 11.8. The standard InChI is InChI=1S/C22H19N3O4/c26-20(25-22(28)23-14-16-6-2-1-3-7-16)15-29-21(27)13-12-18-11-10-17-8-4-5-9-19(17)24-18/h1-13H,14-15H2,(H2,23,25,26,28). The summed E-state index contributed by atoms with van der Waals surface area (Å²) in [5, 5.41) is 5.64. The fourth-order valence-corrected chi connectivity index (χ4v) is 2.50. The van der Waals surface area contributed by atoms with Crippen molar-refractivity contribution in [2.45, 2.75) is 6.54 Å². The second kappa shape index (κ2) is 9.80. The number of carbonyl (C=O) groups is 3. The number of nitrogens with zero attached hydrogens (tertiary/aromatic N) is 1. The molecule has 2 aromatic carbocycles. The number of hydrogen-bond donors (Lipinski definition) is 2. The highest BCUT2D eigenvalue weighted by atomic mass is 16.5. The summed E-state index contributed by atoms with van der Waals surface area (Å²) in [4.78, 5) is 39.6. The van der Waals surface area contributed by atoms with E-state index in [9.17, 15) is 14.4 Å². The van der Waals surface area contributed by atoms with Crippen molar-refractivity contribution in [1.82, 2.24) is 15.6 Å². The van der Waals surface area contributed by atoms with Gasteiger partial charge in [-0.1, -0.05) is 54.6 Å². The normalized spacial score (nSPS) is 10.6. The topological polar surface area (TPSA) is 97.4 Å². The second-order valence-corrected chi connectivity index (χ2v) is 6.09. The zero-order valence-corrected chi connectivity index (χ0v) is 15.5. The van der Waals surface area contributed by atoms with Gasteiger partial charge in [0.15, 0.2) is 6.61 Å². The molecular weight excluding hydrogens is 370 g/mol. The number of imide groups is 1. The fraction of sp³-hybridized carbons (Fsp3) is 0.0909. The molecule has 0 aliphatic rings. The van der Waals surface area contributed by atoms with Crippen molar-refractivity contribution in [2.75, 3.05) is 6.61 Å². The van der Waals surface area contributed by atoms with Gasteiger partial charge in [-0.2, -0.15) is 0 Å². The Morgan fingerprint density at radius 1 is 0.931 bits per heavy atom. The van der Waals surface area contributed by atoms with Crippen LogP contribution in [0.5, 0.6) is 0 Å². The van der Waals surface area contributed by atoms with E-state index in [1.54, 1.807) is 6.07 Å². The number of esters is 1. The van der Waals surface area contributed by atoms with Gasteiger partial charge in [-0.25, -0.2) is 14.6 Å². The Balaban J connectivity index is 1.41. The number of rotatable bonds is 6. The van der Waals surface area contributed by atoms with Crippen LogP contribution >= 0.6 is 0 Å². The quantitative estimate of drug-likeness (QED) is 0.499. The largest absolute Gasteiger partial charge is 0.452 e. The Kier molecular flexibility index (Phi) is 6.67. The van der Waals surface area contributed by atoms with E-state index in [0.717, 1.165) is 16.5 Å². The van der Waals surface area contributed by atoms with Gasteiger partial charge in [0, 0.05) is 18.0 Å². The Bertz CT molecular complexity index is 1050. The van der Waals surface area contributed by atoms with E-state index in [0.29, 0.717) is 5.69 Å². The van der Waals surface area contributed by atoms with Crippen LogP contribution in [0.25, 0.3) is 17.0 Å². The van der Waals surface area contributed by atoms with E-state index >= 15 is 0 Å². The van der Waals surface area contributed by atoms with Crippen LogP contribution in [0.2, 0.25) is 0 Å². The van der Waals surface area contributed by atoms with Gasteiger partial charge in [-0.3, -0.25) is 10.1 Å². The van der Waals surface area contributed by atoms with Crippen molar-refractivity contribution in [2.24, 2.45) is 0 Å². The van der Waals surface area contributed by atoms with Gasteiger partial charge in [0.1, 0.15) is 0 Å². The summed E-state index contributed by atoms with van der Waals surface area (Å²) in [5.74, 6) is -1.43. The maximum absolute atomic E-state index is 11.8. The van der Waals surface area contributed by atoms with Crippen LogP contribution in [-0.2, 0) is 20.9 Å². The smallest absolute Gasteiger partial charge is 0.331 e. The minimum Gasteiger partial charge on any atom is -0.452 e. The predicted molar refractivity (Wildman–Crippen MR) is 109 cm³/mol. The van der Waals surface area contributed by atoms with Crippen molar-refractivity contribution in [1.29, 1.82) is 0 Å². The van der Waals surface area contributed by atoms with Gasteiger partial charge in [-0.05, 0) is 23.8 Å². The first kappa shape index (κ1) is 19.8. The Morgan fingerprint density at radius 2 is 1.69 bits per heavy atom. The second-order valence-electron chi connectivity index (χ2n) is 6.09. The SMILES string of the molecule is O=C(COC(=O)C=Cc1ccc2ccccc2n1)NC(=O)NCc1ccccc1. The molecule has 0 bridgehead atoms. The van der Waals surface area contributed by atoms with E-state index in [1.807, 2.05) is 60.7 Å². The van der Waals surface area contributed by atoms with Crippen molar-refractivity contribution < 1.29 is 19.1 Å². The van der Waals surface area contributed by atoms with Gasteiger partial charge in [0.25, 0.3) is 5.91 Å². The first-order valence-electron chi connectivity index (χ1n) is 8.92. The molecule has 1 aromatic heterocycles. The van der Waals surface area contributed by atoms with Crippen LogP contribution in [0.1, 0.15) is 11.3 Å². The highest BCUT2D eigenvalue weighted by molar-refractivity contribution is 5.96. The molecule has 29 heavy (non-hydrogen) atoms. The van der Waals surface area contributed by atoms with Crippen LogP contribution in [0, 0.1) is 0 Å². The average molecular weight is 389 g/mol. The number of nitrogens with one attached hydrogen (secondary N) is 2. The molecule has 3 rings (SSSR count). The molecule has 7 nitrogen and oxygen atoms in total. The third-order valence-electron chi connectivity index (χ3n) is 3.90. The predicted octanol–water partition coefficient (Wildman–Crippen LogP) is 2.82. The van der Waals surface area contributed by atoms with E-state index < -0.39 is 24.5 Å². The first-order valence-corrected chi connectivity index (χ1v) is 8.92. The summed E-state index contributed by atoms with van der Waals surface area (Å²) >= 11 is 0. The van der Waals surface area contributed by atoms with Gasteiger partial charge in [-0.15, -0.1) is 0 Å². The van der Waals surface area contributed by atoms with Crippen LogP contribution in [-0.4, -0.2) is 29.5 Å². The molecule has 0 saturated heterocycles. The van der Waals surface area contributed by atoms with Crippen molar-refractivity contribution in [3.8, 4) is 0 Å². The number of hydrogen-bond acceptors (Lipinski definition) is 5. The molecule has 0 atom stereocenters. The van der Waals surface area contributed by atoms with E-state index in [-0.39, 0.29) is 6.54 Å². The highest BCUT2D eigenvalue weighted by Crippen LogP contribution is 2.12. The van der Waals surface area contributed by atoms with Crippen molar-refractivity contribution in [3.63, 3.8) is 0 Å². The molecule has 0 spiro atoms. The number of carbonyl (C=O) groups excluding carboxylic acids is 3. The third-order valence-corrected chi connectivity index (χ3v) is 3.90. The number of benzene rings is 2. The zero-order chi connectivity index (χ0) is 20.5. The van der Waals surface area contributed by atoms with Gasteiger partial charge >= 0.3 is 12.0 Å².